The third-order valence-electron chi connectivity index (χ3n) is 6.17. The highest BCUT2D eigenvalue weighted by Crippen LogP contribution is 2.49. The molecule has 1 saturated heterocycles. The summed E-state index contributed by atoms with van der Waals surface area (Å²) in [6.07, 6.45) is -0.427. The molecule has 12 nitrogen and oxygen atoms in total. The molecule has 206 valence electrons. The maximum Gasteiger partial charge on any atom is 0.459 e. The fourth-order valence-electron chi connectivity index (χ4n) is 4.11. The summed E-state index contributed by atoms with van der Waals surface area (Å²) < 4.78 is 30.9. The van der Waals surface area contributed by atoms with Gasteiger partial charge in [0.2, 0.25) is 12.3 Å². The number of nitrogens with one attached hydrogen (secondary N) is 1. The second-order valence-corrected chi connectivity index (χ2v) is 12.3. The molecule has 0 spiro atoms. The van der Waals surface area contributed by atoms with E-state index >= 15 is 0 Å². The normalized spacial score (nSPS) is 25.7. The first-order valence-electron chi connectivity index (χ1n) is 12.0. The summed E-state index contributed by atoms with van der Waals surface area (Å²) in [7, 11) is -2.93. The number of fused-ring (bicyclic) bond motifs is 1. The number of hydrogen-bond acceptors (Lipinski definition) is 12. The second kappa shape index (κ2) is 12.0. The van der Waals surface area contributed by atoms with E-state index in [1.165, 1.54) is 30.1 Å². The van der Waals surface area contributed by atoms with Crippen LogP contribution in [0.25, 0.3) is 10.8 Å². The molecule has 38 heavy (non-hydrogen) atoms. The Morgan fingerprint density at radius 2 is 2.00 bits per heavy atom. The van der Waals surface area contributed by atoms with Crippen LogP contribution in [0.15, 0.2) is 52.4 Å². The largest absolute Gasteiger partial charge is 0.468 e. The third-order valence-corrected chi connectivity index (χ3v) is 9.24. The van der Waals surface area contributed by atoms with Crippen LogP contribution in [0.2, 0.25) is 0 Å². The molecule has 0 aromatic heterocycles. The van der Waals surface area contributed by atoms with Gasteiger partial charge in [-0.25, -0.2) is 9.56 Å². The van der Waals surface area contributed by atoms with Gasteiger partial charge in [-0.05, 0) is 17.4 Å². The van der Waals surface area contributed by atoms with Crippen LogP contribution in [0.3, 0.4) is 0 Å². The lowest BCUT2D eigenvalue weighted by Crippen LogP contribution is -2.42. The molecule has 2 aliphatic heterocycles. The molecule has 0 amide bonds. The van der Waals surface area contributed by atoms with E-state index in [4.69, 9.17) is 19.5 Å². The number of hydrogen-bond donors (Lipinski definition) is 4. The molecule has 0 saturated carbocycles. The van der Waals surface area contributed by atoms with Crippen molar-refractivity contribution in [3.05, 3.63) is 42.5 Å². The van der Waals surface area contributed by atoms with Gasteiger partial charge in [-0.3, -0.25) is 9.32 Å². The zero-order chi connectivity index (χ0) is 27.4. The van der Waals surface area contributed by atoms with Crippen LogP contribution >= 0.6 is 19.5 Å². The topological polar surface area (TPSA) is 168 Å². The van der Waals surface area contributed by atoms with Crippen molar-refractivity contribution < 1.29 is 33.4 Å². The van der Waals surface area contributed by atoms with Crippen molar-refractivity contribution in [3.63, 3.8) is 0 Å². The van der Waals surface area contributed by atoms with Crippen molar-refractivity contribution in [1.29, 1.82) is 0 Å². The van der Waals surface area contributed by atoms with E-state index in [2.05, 4.69) is 15.1 Å². The molecule has 14 heteroatoms. The van der Waals surface area contributed by atoms with Crippen LogP contribution in [0.5, 0.6) is 5.75 Å². The second-order valence-electron chi connectivity index (χ2n) is 9.19. The van der Waals surface area contributed by atoms with E-state index in [1.807, 2.05) is 30.3 Å². The van der Waals surface area contributed by atoms with E-state index in [0.29, 0.717) is 11.1 Å². The number of aliphatic hydroxyl groups is 2. The number of aliphatic imine (C=N–C) groups is 2. The number of ether oxygens (including phenoxy) is 1. The van der Waals surface area contributed by atoms with Gasteiger partial charge in [0.05, 0.1) is 36.8 Å². The van der Waals surface area contributed by atoms with Crippen LogP contribution < -0.4 is 15.3 Å². The van der Waals surface area contributed by atoms with E-state index in [0.717, 1.165) is 5.39 Å². The van der Waals surface area contributed by atoms with Gasteiger partial charge < -0.3 is 30.1 Å². The number of nitrogens with two attached hydrogens (primary N) is 1. The summed E-state index contributed by atoms with van der Waals surface area (Å²) in [5.74, 6) is -0.634. The Labute approximate surface area is 224 Å². The Hall–Kier alpha value is -2.67. The van der Waals surface area contributed by atoms with Gasteiger partial charge in [0.25, 0.3) is 0 Å². The fourth-order valence-corrected chi connectivity index (χ4v) is 7.37. The molecule has 5 N–H and O–H groups in total. The molecule has 6 atom stereocenters. The molecule has 2 aromatic carbocycles. The minimum Gasteiger partial charge on any atom is -0.468 e. The molecule has 0 aliphatic carbocycles. The minimum atomic E-state index is -4.18. The summed E-state index contributed by atoms with van der Waals surface area (Å²) in [6.45, 7) is 3.38. The summed E-state index contributed by atoms with van der Waals surface area (Å²) in [5, 5.41) is 24.4. The van der Waals surface area contributed by atoms with Crippen LogP contribution in [-0.4, -0.2) is 76.2 Å². The lowest BCUT2D eigenvalue weighted by atomic mass is 10.1. The van der Waals surface area contributed by atoms with Crippen LogP contribution in [0.1, 0.15) is 20.3 Å². The van der Waals surface area contributed by atoms with Crippen molar-refractivity contribution in [3.8, 4) is 5.75 Å². The molecule has 0 radical (unpaired) electrons. The van der Waals surface area contributed by atoms with Crippen molar-refractivity contribution >= 4 is 48.5 Å². The fraction of sp³-hybridized carbons (Fsp3) is 0.458. The average Bonchev–Trinajstić information content (AvgIpc) is 3.26. The van der Waals surface area contributed by atoms with E-state index in [-0.39, 0.29) is 30.3 Å². The van der Waals surface area contributed by atoms with Crippen LogP contribution in [-0.2, 0) is 18.6 Å². The molecule has 2 unspecified atom stereocenters. The van der Waals surface area contributed by atoms with Gasteiger partial charge >= 0.3 is 13.7 Å². The van der Waals surface area contributed by atoms with Crippen LogP contribution in [0, 0.1) is 5.92 Å². The van der Waals surface area contributed by atoms with Gasteiger partial charge in [-0.15, -0.1) is 11.8 Å². The summed E-state index contributed by atoms with van der Waals surface area (Å²) >= 11 is 1.31. The predicted molar refractivity (Wildman–Crippen MR) is 146 cm³/mol. The van der Waals surface area contributed by atoms with E-state index in [1.54, 1.807) is 26.0 Å². The first-order chi connectivity index (χ1) is 18.1. The van der Waals surface area contributed by atoms with Crippen molar-refractivity contribution in [1.82, 2.24) is 9.99 Å². The summed E-state index contributed by atoms with van der Waals surface area (Å²) in [4.78, 5) is 21.7. The summed E-state index contributed by atoms with van der Waals surface area (Å²) in [5.41, 5.74) is 5.53. The highest BCUT2D eigenvalue weighted by Gasteiger charge is 2.42. The van der Waals surface area contributed by atoms with Crippen molar-refractivity contribution in [2.75, 3.05) is 13.7 Å². The summed E-state index contributed by atoms with van der Waals surface area (Å²) in [6, 6.07) is 11.8. The zero-order valence-corrected chi connectivity index (χ0v) is 22.9. The Kier molecular flexibility index (Phi) is 8.96. The van der Waals surface area contributed by atoms with E-state index < -0.39 is 37.5 Å². The standard InChI is InChI=1S/C24H32N5O7PS/c1-14(2)21(22(31)34-3)28-37(33,36-18-10-6-8-15-7-4-5-9-16(15)18)35-12-19-17(30)11-20(38-19)29-13-26-23(25)27-24(29)32/h4-10,13-14,17,19-21,24,30,32H,11-12H2,1-3H3,(H2,25,27)(H,28,33)/t17-,19-,20-,21+,24?,37?/m1/s1. The van der Waals surface area contributed by atoms with Crippen molar-refractivity contribution in [2.45, 2.75) is 49.4 Å². The third kappa shape index (κ3) is 6.48. The molecule has 4 rings (SSSR count). The molecule has 0 bridgehead atoms. The Morgan fingerprint density at radius 3 is 2.71 bits per heavy atom. The maximum absolute atomic E-state index is 14.1. The van der Waals surface area contributed by atoms with Crippen LogP contribution in [0.4, 0.5) is 0 Å². The first kappa shape index (κ1) is 28.3. The maximum atomic E-state index is 14.1. The molecule has 2 aromatic rings. The number of guanidine groups is 1. The Bertz CT molecular complexity index is 1260. The molecule has 1 fully saturated rings. The minimum absolute atomic E-state index is 0.0416. The molecule has 2 aliphatic rings. The van der Waals surface area contributed by atoms with Gasteiger partial charge in [0.1, 0.15) is 11.8 Å². The predicted octanol–water partition coefficient (Wildman–Crippen LogP) is 2.26. The van der Waals surface area contributed by atoms with Crippen molar-refractivity contribution in [2.24, 2.45) is 21.6 Å². The number of rotatable bonds is 10. The lowest BCUT2D eigenvalue weighted by molar-refractivity contribution is -0.143. The number of carbonyl (C=O) groups is 1. The van der Waals surface area contributed by atoms with Gasteiger partial charge in [0.15, 0.2) is 0 Å². The number of carbonyl (C=O) groups excluding carboxylic acids is 1. The Morgan fingerprint density at radius 1 is 1.26 bits per heavy atom. The molecule has 2 heterocycles. The number of methoxy groups -OCH3 is 1. The molecular formula is C24H32N5O7PS. The lowest BCUT2D eigenvalue weighted by Gasteiger charge is -2.30. The highest BCUT2D eigenvalue weighted by molar-refractivity contribution is 8.00. The van der Waals surface area contributed by atoms with E-state index in [9.17, 15) is 19.6 Å². The highest BCUT2D eigenvalue weighted by atomic mass is 32.2. The number of aliphatic hydroxyl groups excluding tert-OH is 2. The number of thioether (sulfide) groups is 1. The Balaban J connectivity index is 1.54. The zero-order valence-electron chi connectivity index (χ0n) is 21.2. The quantitative estimate of drug-likeness (QED) is 0.246. The monoisotopic (exact) mass is 565 g/mol. The number of benzene rings is 2. The smallest absolute Gasteiger partial charge is 0.459 e. The number of nitrogens with zero attached hydrogens (tertiary/aromatic N) is 3. The van der Waals surface area contributed by atoms with Gasteiger partial charge in [-0.1, -0.05) is 50.2 Å². The van der Waals surface area contributed by atoms with Gasteiger partial charge in [-0.2, -0.15) is 10.1 Å². The SMILES string of the molecule is COC(=O)[C@@H](NP(=O)(OC[C@H]1S[C@@H](N2C=NC(N)=NC2O)C[C@H]1O)Oc1cccc2ccccc12)C(C)C. The average molecular weight is 566 g/mol. The number of esters is 1. The molecular weight excluding hydrogens is 533 g/mol. The first-order valence-corrected chi connectivity index (χ1v) is 14.5. The van der Waals surface area contributed by atoms with Gasteiger partial charge in [0, 0.05) is 11.8 Å².